The zero-order valence-corrected chi connectivity index (χ0v) is 8.99. The molecule has 0 amide bonds. The van der Waals surface area contributed by atoms with Crippen LogP contribution in [0.2, 0.25) is 0 Å². The molecular weight excluding hydrogens is 226 g/mol. The molecule has 82 valence electrons. The number of aromatic carboxylic acids is 1. The van der Waals surface area contributed by atoms with Crippen LogP contribution in [-0.4, -0.2) is 16.1 Å². The third kappa shape index (κ3) is 2.12. The molecule has 0 radical (unpaired) electrons. The van der Waals surface area contributed by atoms with Crippen molar-refractivity contribution in [1.82, 2.24) is 4.98 Å². The Morgan fingerprint density at radius 1 is 1.38 bits per heavy atom. The van der Waals surface area contributed by atoms with E-state index in [1.807, 2.05) is 30.3 Å². The normalized spacial score (nSPS) is 10.0. The van der Waals surface area contributed by atoms with Gasteiger partial charge in [0, 0.05) is 5.69 Å². The van der Waals surface area contributed by atoms with Crippen LogP contribution in [0.3, 0.4) is 0 Å². The third-order valence-electron chi connectivity index (χ3n) is 1.87. The van der Waals surface area contributed by atoms with Gasteiger partial charge in [-0.3, -0.25) is 0 Å². The van der Waals surface area contributed by atoms with E-state index in [9.17, 15) is 4.79 Å². The molecule has 2 rings (SSSR count). The first kappa shape index (κ1) is 10.4. The first-order valence-electron chi connectivity index (χ1n) is 4.48. The number of nitrogens with zero attached hydrogens (tertiary/aromatic N) is 1. The van der Waals surface area contributed by atoms with Gasteiger partial charge in [0.15, 0.2) is 15.8 Å². The zero-order valence-electron chi connectivity index (χ0n) is 8.18. The van der Waals surface area contributed by atoms with Crippen LogP contribution in [0.1, 0.15) is 9.67 Å². The molecule has 0 aliphatic heterocycles. The van der Waals surface area contributed by atoms with Crippen molar-refractivity contribution < 1.29 is 9.90 Å². The van der Waals surface area contributed by atoms with Crippen molar-refractivity contribution in [3.05, 3.63) is 35.2 Å². The number of rotatable bonds is 3. The Morgan fingerprint density at radius 3 is 2.62 bits per heavy atom. The Balaban J connectivity index is 2.23. The average Bonchev–Trinajstić information content (AvgIpc) is 2.61. The molecule has 0 unspecified atom stereocenters. The molecule has 0 saturated carbocycles. The quantitative estimate of drug-likeness (QED) is 0.758. The van der Waals surface area contributed by atoms with Crippen molar-refractivity contribution in [1.29, 1.82) is 0 Å². The van der Waals surface area contributed by atoms with E-state index in [4.69, 9.17) is 10.8 Å². The van der Waals surface area contributed by atoms with E-state index >= 15 is 0 Å². The summed E-state index contributed by atoms with van der Waals surface area (Å²) in [6.07, 6.45) is 0. The van der Waals surface area contributed by atoms with Gasteiger partial charge in [-0.2, -0.15) is 0 Å². The second-order valence-electron chi connectivity index (χ2n) is 3.03. The predicted octanol–water partition coefficient (Wildman–Crippen LogP) is 2.17. The third-order valence-corrected chi connectivity index (χ3v) is 2.85. The summed E-state index contributed by atoms with van der Waals surface area (Å²) in [6, 6.07) is 9.36. The van der Waals surface area contributed by atoms with Gasteiger partial charge in [0.25, 0.3) is 0 Å². The summed E-state index contributed by atoms with van der Waals surface area (Å²) in [5.74, 6) is -1.02. The van der Waals surface area contributed by atoms with Gasteiger partial charge in [-0.15, -0.1) is 0 Å². The van der Waals surface area contributed by atoms with Gasteiger partial charge in [-0.25, -0.2) is 9.78 Å². The van der Waals surface area contributed by atoms with E-state index in [0.29, 0.717) is 5.13 Å². The fraction of sp³-hybridized carbons (Fsp3) is 0. The number of thiazole rings is 1. The van der Waals surface area contributed by atoms with Gasteiger partial charge >= 0.3 is 5.97 Å². The fourth-order valence-corrected chi connectivity index (χ4v) is 1.93. The van der Waals surface area contributed by atoms with Gasteiger partial charge < -0.3 is 16.2 Å². The number of anilines is 3. The Kier molecular flexibility index (Phi) is 2.74. The molecule has 0 aliphatic rings. The maximum Gasteiger partial charge on any atom is 0.349 e. The van der Waals surface area contributed by atoms with Crippen molar-refractivity contribution in [2.75, 3.05) is 11.1 Å². The molecule has 4 N–H and O–H groups in total. The number of benzene rings is 1. The van der Waals surface area contributed by atoms with Gasteiger partial charge in [-0.1, -0.05) is 29.5 Å². The molecule has 1 heterocycles. The number of nitrogens with two attached hydrogens (primary N) is 1. The van der Waals surface area contributed by atoms with Crippen molar-refractivity contribution in [3.63, 3.8) is 0 Å². The molecular formula is C10H9N3O2S. The zero-order chi connectivity index (χ0) is 11.5. The molecule has 5 nitrogen and oxygen atoms in total. The van der Waals surface area contributed by atoms with Crippen molar-refractivity contribution >= 4 is 33.9 Å². The number of carboxylic acid groups (broad SMARTS) is 1. The molecule has 0 bridgehead atoms. The monoisotopic (exact) mass is 235 g/mol. The van der Waals surface area contributed by atoms with Crippen LogP contribution in [0.25, 0.3) is 0 Å². The lowest BCUT2D eigenvalue weighted by molar-refractivity contribution is 0.0703. The first-order valence-corrected chi connectivity index (χ1v) is 5.30. The minimum Gasteiger partial charge on any atom is -0.477 e. The van der Waals surface area contributed by atoms with Crippen LogP contribution >= 0.6 is 11.3 Å². The highest BCUT2D eigenvalue weighted by Crippen LogP contribution is 2.27. The number of aromatic nitrogens is 1. The first-order chi connectivity index (χ1) is 7.66. The van der Waals surface area contributed by atoms with E-state index in [0.717, 1.165) is 17.0 Å². The Morgan fingerprint density at radius 2 is 2.06 bits per heavy atom. The highest BCUT2D eigenvalue weighted by Gasteiger charge is 2.14. The smallest absolute Gasteiger partial charge is 0.349 e. The lowest BCUT2D eigenvalue weighted by atomic mass is 10.3. The van der Waals surface area contributed by atoms with E-state index in [1.165, 1.54) is 0 Å². The highest BCUT2D eigenvalue weighted by atomic mass is 32.1. The summed E-state index contributed by atoms with van der Waals surface area (Å²) in [7, 11) is 0. The van der Waals surface area contributed by atoms with Crippen LogP contribution in [0.15, 0.2) is 30.3 Å². The Bertz CT molecular complexity index is 510. The average molecular weight is 235 g/mol. The summed E-state index contributed by atoms with van der Waals surface area (Å²) in [5, 5.41) is 12.3. The summed E-state index contributed by atoms with van der Waals surface area (Å²) >= 11 is 1.02. The van der Waals surface area contributed by atoms with E-state index in [-0.39, 0.29) is 10.7 Å². The van der Waals surface area contributed by atoms with Crippen LogP contribution in [0.4, 0.5) is 16.6 Å². The topological polar surface area (TPSA) is 88.2 Å². The minimum absolute atomic E-state index is 0.0379. The molecule has 1 aromatic carbocycles. The largest absolute Gasteiger partial charge is 0.477 e. The lowest BCUT2D eigenvalue weighted by Crippen LogP contribution is -1.97. The van der Waals surface area contributed by atoms with Crippen molar-refractivity contribution in [3.8, 4) is 0 Å². The molecule has 0 aliphatic carbocycles. The van der Waals surface area contributed by atoms with Crippen LogP contribution in [0.5, 0.6) is 0 Å². The van der Waals surface area contributed by atoms with Crippen molar-refractivity contribution in [2.24, 2.45) is 0 Å². The summed E-state index contributed by atoms with van der Waals surface area (Å²) in [4.78, 5) is 14.7. The van der Waals surface area contributed by atoms with Gasteiger partial charge in [0.05, 0.1) is 0 Å². The maximum atomic E-state index is 10.8. The fourth-order valence-electron chi connectivity index (χ4n) is 1.18. The molecule has 0 spiro atoms. The summed E-state index contributed by atoms with van der Waals surface area (Å²) < 4.78 is 0. The van der Waals surface area contributed by atoms with Crippen molar-refractivity contribution in [2.45, 2.75) is 0 Å². The highest BCUT2D eigenvalue weighted by molar-refractivity contribution is 7.18. The maximum absolute atomic E-state index is 10.8. The Labute approximate surface area is 95.6 Å². The SMILES string of the molecule is Nc1nc(Nc2ccccc2)sc1C(=O)O. The number of carboxylic acids is 1. The molecule has 0 atom stereocenters. The number of carbonyl (C=O) groups is 1. The van der Waals surface area contributed by atoms with E-state index in [2.05, 4.69) is 10.3 Å². The molecule has 1 aromatic heterocycles. The number of nitrogen functional groups attached to an aromatic ring is 1. The molecule has 2 aromatic rings. The number of hydrogen-bond acceptors (Lipinski definition) is 5. The summed E-state index contributed by atoms with van der Waals surface area (Å²) in [6.45, 7) is 0. The van der Waals surface area contributed by atoms with E-state index < -0.39 is 5.97 Å². The standard InChI is InChI=1S/C10H9N3O2S/c11-8-7(9(14)15)16-10(13-8)12-6-4-2-1-3-5-6/h1-5H,11H2,(H,12,13)(H,14,15). The second kappa shape index (κ2) is 4.19. The van der Waals surface area contributed by atoms with Crippen LogP contribution in [-0.2, 0) is 0 Å². The molecule has 6 heteroatoms. The van der Waals surface area contributed by atoms with Crippen LogP contribution in [0, 0.1) is 0 Å². The Hall–Kier alpha value is -2.08. The lowest BCUT2D eigenvalue weighted by Gasteiger charge is -1.99. The minimum atomic E-state index is -1.06. The number of para-hydroxylation sites is 1. The van der Waals surface area contributed by atoms with Gasteiger partial charge in [-0.05, 0) is 12.1 Å². The van der Waals surface area contributed by atoms with Gasteiger partial charge in [0.2, 0.25) is 0 Å². The van der Waals surface area contributed by atoms with E-state index in [1.54, 1.807) is 0 Å². The molecule has 0 fully saturated rings. The predicted molar refractivity (Wildman–Crippen MR) is 63.2 cm³/mol. The summed E-state index contributed by atoms with van der Waals surface area (Å²) in [5.41, 5.74) is 6.32. The number of nitrogens with one attached hydrogen (secondary N) is 1. The van der Waals surface area contributed by atoms with Gasteiger partial charge in [0.1, 0.15) is 0 Å². The second-order valence-corrected chi connectivity index (χ2v) is 4.03. The molecule has 16 heavy (non-hydrogen) atoms. The van der Waals surface area contributed by atoms with Crippen LogP contribution < -0.4 is 11.1 Å². The number of hydrogen-bond donors (Lipinski definition) is 3. The molecule has 0 saturated heterocycles.